The SMILES string of the molecule is CCCOC(C(=O)O)c1ccc(Cl)c(Br)c1. The van der Waals surface area contributed by atoms with E-state index in [1.807, 2.05) is 6.92 Å². The molecule has 0 saturated heterocycles. The Morgan fingerprint density at radius 1 is 1.62 bits per heavy atom. The number of ether oxygens (including phenoxy) is 1. The Hall–Kier alpha value is -0.580. The molecule has 0 aromatic heterocycles. The van der Waals surface area contributed by atoms with Crippen LogP contribution in [0.3, 0.4) is 0 Å². The minimum Gasteiger partial charge on any atom is -0.479 e. The number of hydrogen-bond acceptors (Lipinski definition) is 2. The molecule has 0 saturated carbocycles. The van der Waals surface area contributed by atoms with Gasteiger partial charge in [0.05, 0.1) is 5.02 Å². The zero-order valence-corrected chi connectivity index (χ0v) is 11.1. The smallest absolute Gasteiger partial charge is 0.337 e. The Labute approximate surface area is 107 Å². The van der Waals surface area contributed by atoms with Crippen LogP contribution in [0, 0.1) is 0 Å². The van der Waals surface area contributed by atoms with E-state index in [9.17, 15) is 4.79 Å². The molecule has 1 N–H and O–H groups in total. The summed E-state index contributed by atoms with van der Waals surface area (Å²) in [5.41, 5.74) is 0.581. The standard InChI is InChI=1S/C11H12BrClO3/c1-2-5-16-10(11(14)15)7-3-4-9(13)8(12)6-7/h3-4,6,10H,2,5H2,1H3,(H,14,15). The van der Waals surface area contributed by atoms with Crippen LogP contribution >= 0.6 is 27.5 Å². The summed E-state index contributed by atoms with van der Waals surface area (Å²) in [6.07, 6.45) is -0.160. The Morgan fingerprint density at radius 3 is 2.81 bits per heavy atom. The predicted octanol–water partition coefficient (Wildman–Crippen LogP) is 3.65. The van der Waals surface area contributed by atoms with Crippen LogP contribution in [0.4, 0.5) is 0 Å². The first-order valence-electron chi connectivity index (χ1n) is 4.85. The lowest BCUT2D eigenvalue weighted by molar-refractivity contribution is -0.150. The van der Waals surface area contributed by atoms with Gasteiger partial charge >= 0.3 is 5.97 Å². The highest BCUT2D eigenvalue weighted by Crippen LogP contribution is 2.27. The second-order valence-corrected chi connectivity index (χ2v) is 4.52. The van der Waals surface area contributed by atoms with Crippen molar-refractivity contribution in [3.63, 3.8) is 0 Å². The number of carboxylic acids is 1. The Morgan fingerprint density at radius 2 is 2.31 bits per heavy atom. The van der Waals surface area contributed by atoms with Crippen molar-refractivity contribution in [1.82, 2.24) is 0 Å². The largest absolute Gasteiger partial charge is 0.479 e. The van der Waals surface area contributed by atoms with Crippen LogP contribution in [0.5, 0.6) is 0 Å². The van der Waals surface area contributed by atoms with Crippen LogP contribution in [-0.2, 0) is 9.53 Å². The third kappa shape index (κ3) is 3.47. The zero-order chi connectivity index (χ0) is 12.1. The summed E-state index contributed by atoms with van der Waals surface area (Å²) in [6.45, 7) is 2.34. The monoisotopic (exact) mass is 306 g/mol. The van der Waals surface area contributed by atoms with Gasteiger partial charge in [-0.15, -0.1) is 0 Å². The molecule has 16 heavy (non-hydrogen) atoms. The number of aliphatic carboxylic acids is 1. The van der Waals surface area contributed by atoms with E-state index in [4.69, 9.17) is 21.4 Å². The fourth-order valence-corrected chi connectivity index (χ4v) is 1.74. The topological polar surface area (TPSA) is 46.5 Å². The molecule has 1 rings (SSSR count). The number of hydrogen-bond donors (Lipinski definition) is 1. The van der Waals surface area contributed by atoms with E-state index in [1.54, 1.807) is 18.2 Å². The van der Waals surface area contributed by atoms with Crippen molar-refractivity contribution in [3.8, 4) is 0 Å². The molecule has 0 aliphatic rings. The molecule has 1 aromatic carbocycles. The van der Waals surface area contributed by atoms with Gasteiger partial charge in [-0.2, -0.15) is 0 Å². The summed E-state index contributed by atoms with van der Waals surface area (Å²) in [6, 6.07) is 4.96. The highest BCUT2D eigenvalue weighted by atomic mass is 79.9. The summed E-state index contributed by atoms with van der Waals surface area (Å²) in [7, 11) is 0. The molecule has 0 amide bonds. The third-order valence-electron chi connectivity index (χ3n) is 1.96. The first kappa shape index (κ1) is 13.5. The molecule has 0 heterocycles. The van der Waals surface area contributed by atoms with Crippen LogP contribution in [-0.4, -0.2) is 17.7 Å². The first-order chi connectivity index (χ1) is 7.56. The molecule has 1 atom stereocenters. The molecule has 0 aliphatic carbocycles. The summed E-state index contributed by atoms with van der Waals surface area (Å²) in [5, 5.41) is 9.59. The summed E-state index contributed by atoms with van der Waals surface area (Å²) < 4.78 is 5.93. The van der Waals surface area contributed by atoms with E-state index in [-0.39, 0.29) is 0 Å². The van der Waals surface area contributed by atoms with E-state index in [2.05, 4.69) is 15.9 Å². The van der Waals surface area contributed by atoms with Gasteiger partial charge in [0.15, 0.2) is 6.10 Å². The number of benzene rings is 1. The number of carbonyl (C=O) groups is 1. The summed E-state index contributed by atoms with van der Waals surface area (Å²) in [5.74, 6) is -0.998. The zero-order valence-electron chi connectivity index (χ0n) is 8.74. The van der Waals surface area contributed by atoms with E-state index in [0.717, 1.165) is 6.42 Å². The molecule has 5 heteroatoms. The minimum absolute atomic E-state index is 0.414. The van der Waals surface area contributed by atoms with Crippen LogP contribution < -0.4 is 0 Å². The molecular weight excluding hydrogens is 295 g/mol. The first-order valence-corrected chi connectivity index (χ1v) is 6.02. The second kappa shape index (κ2) is 6.23. The van der Waals surface area contributed by atoms with Gasteiger partial charge < -0.3 is 9.84 Å². The highest BCUT2D eigenvalue weighted by Gasteiger charge is 2.20. The molecule has 0 radical (unpaired) electrons. The average Bonchev–Trinajstić information content (AvgIpc) is 2.23. The fourth-order valence-electron chi connectivity index (χ4n) is 1.22. The van der Waals surface area contributed by atoms with Crippen molar-refractivity contribution in [1.29, 1.82) is 0 Å². The Bertz CT molecular complexity index is 381. The molecule has 1 unspecified atom stereocenters. The lowest BCUT2D eigenvalue weighted by Crippen LogP contribution is -2.15. The summed E-state index contributed by atoms with van der Waals surface area (Å²) in [4.78, 5) is 11.0. The number of carboxylic acid groups (broad SMARTS) is 1. The van der Waals surface area contributed by atoms with Crippen molar-refractivity contribution >= 4 is 33.5 Å². The molecule has 1 aromatic rings. The third-order valence-corrected chi connectivity index (χ3v) is 3.17. The van der Waals surface area contributed by atoms with Gasteiger partial charge in [-0.3, -0.25) is 0 Å². The maximum absolute atomic E-state index is 11.0. The van der Waals surface area contributed by atoms with Crippen molar-refractivity contribution in [2.45, 2.75) is 19.4 Å². The lowest BCUT2D eigenvalue weighted by atomic mass is 10.1. The van der Waals surface area contributed by atoms with E-state index in [1.165, 1.54) is 0 Å². The van der Waals surface area contributed by atoms with E-state index < -0.39 is 12.1 Å². The van der Waals surface area contributed by atoms with E-state index >= 15 is 0 Å². The average molecular weight is 308 g/mol. The maximum Gasteiger partial charge on any atom is 0.337 e. The van der Waals surface area contributed by atoms with Gasteiger partial charge in [0.1, 0.15) is 0 Å². The molecule has 0 bridgehead atoms. The molecule has 0 aliphatic heterocycles. The molecule has 3 nitrogen and oxygen atoms in total. The van der Waals surface area contributed by atoms with Gasteiger partial charge in [0, 0.05) is 11.1 Å². The Kier molecular flexibility index (Phi) is 5.25. The van der Waals surface area contributed by atoms with E-state index in [0.29, 0.717) is 21.7 Å². The van der Waals surface area contributed by atoms with Crippen molar-refractivity contribution in [3.05, 3.63) is 33.3 Å². The molecule has 0 fully saturated rings. The minimum atomic E-state index is -0.998. The predicted molar refractivity (Wildman–Crippen MR) is 65.8 cm³/mol. The lowest BCUT2D eigenvalue weighted by Gasteiger charge is -2.14. The fraction of sp³-hybridized carbons (Fsp3) is 0.364. The van der Waals surface area contributed by atoms with Gasteiger partial charge in [-0.25, -0.2) is 4.79 Å². The van der Waals surface area contributed by atoms with Crippen LogP contribution in [0.2, 0.25) is 5.02 Å². The van der Waals surface area contributed by atoms with Gasteiger partial charge in [0.25, 0.3) is 0 Å². The van der Waals surface area contributed by atoms with Gasteiger partial charge in [-0.05, 0) is 40.0 Å². The highest BCUT2D eigenvalue weighted by molar-refractivity contribution is 9.10. The van der Waals surface area contributed by atoms with Gasteiger partial charge in [0.2, 0.25) is 0 Å². The second-order valence-electron chi connectivity index (χ2n) is 3.26. The molecule has 0 spiro atoms. The Balaban J connectivity index is 2.92. The maximum atomic E-state index is 11.0. The van der Waals surface area contributed by atoms with Crippen LogP contribution in [0.15, 0.2) is 22.7 Å². The van der Waals surface area contributed by atoms with Crippen molar-refractivity contribution in [2.75, 3.05) is 6.61 Å². The molecule has 88 valence electrons. The molecular formula is C11H12BrClO3. The number of rotatable bonds is 5. The van der Waals surface area contributed by atoms with Crippen LogP contribution in [0.25, 0.3) is 0 Å². The van der Waals surface area contributed by atoms with Crippen LogP contribution in [0.1, 0.15) is 25.0 Å². The van der Waals surface area contributed by atoms with Gasteiger partial charge in [-0.1, -0.05) is 24.6 Å². The number of halogens is 2. The normalized spacial score (nSPS) is 12.4. The van der Waals surface area contributed by atoms with Crippen molar-refractivity contribution in [2.24, 2.45) is 0 Å². The quantitative estimate of drug-likeness (QED) is 0.903. The summed E-state index contributed by atoms with van der Waals surface area (Å²) >= 11 is 9.09. The van der Waals surface area contributed by atoms with Crippen molar-refractivity contribution < 1.29 is 14.6 Å².